The quantitative estimate of drug-likeness (QED) is 0.842. The van der Waals surface area contributed by atoms with Crippen LogP contribution >= 0.6 is 11.3 Å². The lowest BCUT2D eigenvalue weighted by molar-refractivity contribution is 0.0968. The molecule has 0 amide bonds. The number of aromatic nitrogens is 1. The fourth-order valence-corrected chi connectivity index (χ4v) is 4.58. The van der Waals surface area contributed by atoms with Crippen LogP contribution in [0.1, 0.15) is 67.2 Å². The van der Waals surface area contributed by atoms with E-state index in [0.29, 0.717) is 12.5 Å². The summed E-state index contributed by atoms with van der Waals surface area (Å²) in [6.45, 7) is 3.21. The molecule has 0 spiro atoms. The van der Waals surface area contributed by atoms with E-state index >= 15 is 0 Å². The average Bonchev–Trinajstić information content (AvgIpc) is 2.86. The molecular weight excluding hydrogens is 256 g/mol. The number of aryl methyl sites for hydroxylation is 1. The molecule has 2 aliphatic carbocycles. The Morgan fingerprint density at radius 2 is 2.00 bits per heavy atom. The first-order valence-electron chi connectivity index (χ1n) is 7.59. The zero-order chi connectivity index (χ0) is 13.2. The van der Waals surface area contributed by atoms with Crippen molar-refractivity contribution in [3.63, 3.8) is 0 Å². The third-order valence-electron chi connectivity index (χ3n) is 4.36. The Morgan fingerprint density at radius 1 is 1.21 bits per heavy atom. The maximum atomic E-state index is 11.9. The molecule has 0 atom stereocenters. The molecule has 3 nitrogen and oxygen atoms in total. The van der Waals surface area contributed by atoms with Gasteiger partial charge in [-0.1, -0.05) is 19.3 Å². The van der Waals surface area contributed by atoms with Gasteiger partial charge in [0.1, 0.15) is 5.69 Å². The highest BCUT2D eigenvalue weighted by atomic mass is 32.1. The minimum Gasteiger partial charge on any atom is -0.345 e. The second-order valence-electron chi connectivity index (χ2n) is 5.62. The summed E-state index contributed by atoms with van der Waals surface area (Å²) in [6, 6.07) is 0.640. The summed E-state index contributed by atoms with van der Waals surface area (Å²) in [5, 5.41) is 1.09. The maximum absolute atomic E-state index is 11.9. The van der Waals surface area contributed by atoms with Gasteiger partial charge in [0.2, 0.25) is 0 Å². The van der Waals surface area contributed by atoms with Crippen LogP contribution in [0.2, 0.25) is 0 Å². The molecule has 0 N–H and O–H groups in total. The second kappa shape index (κ2) is 5.61. The lowest BCUT2D eigenvalue weighted by Crippen LogP contribution is -2.36. The summed E-state index contributed by atoms with van der Waals surface area (Å²) in [4.78, 5) is 20.2. The zero-order valence-corrected chi connectivity index (χ0v) is 12.5. The van der Waals surface area contributed by atoms with Gasteiger partial charge in [0.25, 0.3) is 0 Å². The fraction of sp³-hybridized carbons (Fsp3) is 0.733. The van der Waals surface area contributed by atoms with Gasteiger partial charge >= 0.3 is 0 Å². The predicted molar refractivity (Wildman–Crippen MR) is 79.3 cm³/mol. The third kappa shape index (κ3) is 2.55. The van der Waals surface area contributed by atoms with E-state index in [4.69, 9.17) is 0 Å². The Labute approximate surface area is 119 Å². The number of carbonyl (C=O) groups is 1. The molecule has 1 aromatic heterocycles. The maximum Gasteiger partial charge on any atom is 0.186 e. The molecule has 0 aromatic carbocycles. The first-order chi connectivity index (χ1) is 9.29. The number of carbonyl (C=O) groups excluding carboxylic acids is 1. The van der Waals surface area contributed by atoms with Crippen molar-refractivity contribution in [2.45, 2.75) is 64.3 Å². The van der Waals surface area contributed by atoms with E-state index in [2.05, 4.69) is 16.8 Å². The first kappa shape index (κ1) is 13.1. The van der Waals surface area contributed by atoms with Crippen LogP contribution in [0.25, 0.3) is 0 Å². The molecule has 4 heteroatoms. The molecule has 0 unspecified atom stereocenters. The Morgan fingerprint density at radius 3 is 2.68 bits per heavy atom. The number of fused-ring (bicyclic) bond motifs is 1. The monoisotopic (exact) mass is 278 g/mol. The number of hydrogen-bond acceptors (Lipinski definition) is 4. The van der Waals surface area contributed by atoms with Gasteiger partial charge in [0, 0.05) is 23.9 Å². The molecule has 1 fully saturated rings. The minimum absolute atomic E-state index is 0.253. The van der Waals surface area contributed by atoms with Crippen LogP contribution in [0.4, 0.5) is 5.13 Å². The number of ketones is 1. The van der Waals surface area contributed by atoms with Gasteiger partial charge in [-0.25, -0.2) is 4.98 Å². The van der Waals surface area contributed by atoms with Crippen molar-refractivity contribution in [1.29, 1.82) is 0 Å². The van der Waals surface area contributed by atoms with Gasteiger partial charge in [-0.2, -0.15) is 0 Å². The van der Waals surface area contributed by atoms with Crippen LogP contribution in [0, 0.1) is 0 Å². The Bertz CT molecular complexity index is 463. The zero-order valence-electron chi connectivity index (χ0n) is 11.7. The van der Waals surface area contributed by atoms with Gasteiger partial charge in [-0.3, -0.25) is 4.79 Å². The van der Waals surface area contributed by atoms with Gasteiger partial charge in [0.15, 0.2) is 10.9 Å². The van der Waals surface area contributed by atoms with Crippen LogP contribution in [-0.4, -0.2) is 23.4 Å². The smallest absolute Gasteiger partial charge is 0.186 e. The normalized spacial score (nSPS) is 20.4. The van der Waals surface area contributed by atoms with Gasteiger partial charge < -0.3 is 4.90 Å². The van der Waals surface area contributed by atoms with Crippen LogP contribution in [0.15, 0.2) is 0 Å². The van der Waals surface area contributed by atoms with Crippen molar-refractivity contribution in [3.05, 3.63) is 10.6 Å². The van der Waals surface area contributed by atoms with Gasteiger partial charge in [-0.05, 0) is 32.6 Å². The van der Waals surface area contributed by atoms with Gasteiger partial charge in [0.05, 0.1) is 0 Å². The molecule has 0 bridgehead atoms. The van der Waals surface area contributed by atoms with Crippen LogP contribution in [-0.2, 0) is 6.42 Å². The van der Waals surface area contributed by atoms with Crippen LogP contribution in [0.5, 0.6) is 0 Å². The number of hydrogen-bond donors (Lipinski definition) is 0. The number of thiazole rings is 1. The molecule has 2 aliphatic rings. The summed E-state index contributed by atoms with van der Waals surface area (Å²) in [7, 11) is 0. The minimum atomic E-state index is 0.253. The Balaban J connectivity index is 1.85. The van der Waals surface area contributed by atoms with Crippen molar-refractivity contribution in [2.75, 3.05) is 11.4 Å². The predicted octanol–water partition coefficient (Wildman–Crippen LogP) is 3.82. The Kier molecular flexibility index (Phi) is 3.87. The van der Waals surface area contributed by atoms with E-state index in [1.807, 2.05) is 0 Å². The first-order valence-corrected chi connectivity index (χ1v) is 8.40. The van der Waals surface area contributed by atoms with E-state index in [1.54, 1.807) is 11.3 Å². The molecule has 0 saturated heterocycles. The molecule has 1 aromatic rings. The highest BCUT2D eigenvalue weighted by Gasteiger charge is 2.27. The van der Waals surface area contributed by atoms with E-state index in [-0.39, 0.29) is 5.78 Å². The molecule has 0 radical (unpaired) electrons. The van der Waals surface area contributed by atoms with E-state index in [9.17, 15) is 4.79 Å². The van der Waals surface area contributed by atoms with E-state index < -0.39 is 0 Å². The molecular formula is C15H22N2OS. The summed E-state index contributed by atoms with van der Waals surface area (Å²) < 4.78 is 0. The fourth-order valence-electron chi connectivity index (χ4n) is 3.32. The lowest BCUT2D eigenvalue weighted by atomic mass is 9.94. The molecule has 19 heavy (non-hydrogen) atoms. The molecule has 0 aliphatic heterocycles. The lowest BCUT2D eigenvalue weighted by Gasteiger charge is -2.33. The third-order valence-corrected chi connectivity index (χ3v) is 5.51. The van der Waals surface area contributed by atoms with Crippen molar-refractivity contribution >= 4 is 22.3 Å². The van der Waals surface area contributed by atoms with Crippen molar-refractivity contribution in [1.82, 2.24) is 4.98 Å². The Hall–Kier alpha value is -0.900. The standard InChI is InChI=1S/C15H22N2OS/c1-2-17(11-7-4-3-5-8-11)15-16-14-12(18)9-6-10-13(14)19-15/h11H,2-10H2,1H3. The largest absolute Gasteiger partial charge is 0.345 e. The van der Waals surface area contributed by atoms with E-state index in [0.717, 1.165) is 30.2 Å². The second-order valence-corrected chi connectivity index (χ2v) is 6.68. The average molecular weight is 278 g/mol. The summed E-state index contributed by atoms with van der Waals surface area (Å²) in [5.74, 6) is 0.253. The number of anilines is 1. The summed E-state index contributed by atoms with van der Waals surface area (Å²) in [6.07, 6.45) is 9.35. The molecule has 1 heterocycles. The van der Waals surface area contributed by atoms with Crippen molar-refractivity contribution in [3.8, 4) is 0 Å². The van der Waals surface area contributed by atoms with Gasteiger partial charge in [-0.15, -0.1) is 11.3 Å². The topological polar surface area (TPSA) is 33.2 Å². The van der Waals surface area contributed by atoms with Crippen molar-refractivity contribution in [2.24, 2.45) is 0 Å². The molecule has 3 rings (SSSR count). The molecule has 1 saturated carbocycles. The number of Topliss-reactive ketones (excluding diaryl/α,β-unsaturated/α-hetero) is 1. The number of rotatable bonds is 3. The molecule has 104 valence electrons. The van der Waals surface area contributed by atoms with E-state index in [1.165, 1.54) is 37.0 Å². The highest BCUT2D eigenvalue weighted by molar-refractivity contribution is 7.16. The summed E-state index contributed by atoms with van der Waals surface area (Å²) in [5.41, 5.74) is 0.778. The van der Waals surface area contributed by atoms with Crippen LogP contribution < -0.4 is 4.90 Å². The number of nitrogens with zero attached hydrogens (tertiary/aromatic N) is 2. The van der Waals surface area contributed by atoms with Crippen molar-refractivity contribution < 1.29 is 4.79 Å². The highest BCUT2D eigenvalue weighted by Crippen LogP contribution is 2.34. The summed E-state index contributed by atoms with van der Waals surface area (Å²) >= 11 is 1.76. The van der Waals surface area contributed by atoms with Crippen LogP contribution in [0.3, 0.4) is 0 Å². The SMILES string of the molecule is CCN(c1nc2c(s1)CCCC2=O)C1CCCCC1.